The molecule has 3 rings (SSSR count). The Hall–Kier alpha value is -1.76. The molecule has 4 atom stereocenters. The number of methoxy groups -OCH3 is 1. The van der Waals surface area contributed by atoms with Gasteiger partial charge >= 0.3 is 0 Å². The first-order valence-electron chi connectivity index (χ1n) is 8.24. The maximum atomic E-state index is 13.1. The molecule has 0 radical (unpaired) electrons. The molecule has 0 unspecified atom stereocenters. The number of fused-ring (bicyclic) bond motifs is 1. The van der Waals surface area contributed by atoms with Crippen molar-refractivity contribution < 1.29 is 37.7 Å². The number of carbonyl (C=O) groups is 1. The number of hydrogen-bond donors (Lipinski definition) is 3. The Morgan fingerprint density at radius 1 is 1.30 bits per heavy atom. The topological polar surface area (TPSA) is 135 Å². The average molecular weight is 402 g/mol. The van der Waals surface area contributed by atoms with E-state index in [0.717, 1.165) is 4.31 Å². The zero-order chi connectivity index (χ0) is 20.0. The molecule has 2 aliphatic heterocycles. The molecule has 1 amide bonds. The van der Waals surface area contributed by atoms with Gasteiger partial charge in [0.1, 0.15) is 30.1 Å². The second-order valence-electron chi connectivity index (χ2n) is 6.80. The Balaban J connectivity index is 2.00. The van der Waals surface area contributed by atoms with E-state index < -0.39 is 46.1 Å². The molecule has 0 saturated carbocycles. The number of aliphatic hydroxyl groups excluding tert-OH is 1. The first kappa shape index (κ1) is 20.0. The molecule has 1 aromatic rings. The van der Waals surface area contributed by atoms with Crippen molar-refractivity contribution in [3.8, 4) is 5.75 Å². The van der Waals surface area contributed by atoms with Gasteiger partial charge in [0.2, 0.25) is 10.0 Å². The zero-order valence-electron chi connectivity index (χ0n) is 15.0. The van der Waals surface area contributed by atoms with Crippen LogP contribution >= 0.6 is 0 Å². The van der Waals surface area contributed by atoms with Crippen LogP contribution in [0, 0.1) is 0 Å². The highest BCUT2D eigenvalue weighted by Gasteiger charge is 2.57. The summed E-state index contributed by atoms with van der Waals surface area (Å²) in [5.41, 5.74) is 1.42. The van der Waals surface area contributed by atoms with Crippen LogP contribution < -0.4 is 10.2 Å². The maximum absolute atomic E-state index is 13.1. The van der Waals surface area contributed by atoms with Crippen LogP contribution in [-0.4, -0.2) is 72.7 Å². The molecule has 0 bridgehead atoms. The summed E-state index contributed by atoms with van der Waals surface area (Å²) in [4.78, 5) is 12.1. The maximum Gasteiger partial charge on any atom is 0.264 e. The van der Waals surface area contributed by atoms with Gasteiger partial charge < -0.3 is 19.3 Å². The normalized spacial score (nSPS) is 30.6. The van der Waals surface area contributed by atoms with E-state index in [4.69, 9.17) is 19.4 Å². The van der Waals surface area contributed by atoms with Gasteiger partial charge in [-0.25, -0.2) is 13.9 Å². The van der Waals surface area contributed by atoms with Crippen LogP contribution in [0.1, 0.15) is 13.8 Å². The predicted molar refractivity (Wildman–Crippen MR) is 90.4 cm³/mol. The summed E-state index contributed by atoms with van der Waals surface area (Å²) >= 11 is 0. The third kappa shape index (κ3) is 3.53. The Kier molecular flexibility index (Phi) is 5.18. The number of hydroxylamine groups is 1. The Morgan fingerprint density at radius 2 is 1.93 bits per heavy atom. The lowest BCUT2D eigenvalue weighted by Crippen LogP contribution is -2.65. The molecule has 27 heavy (non-hydrogen) atoms. The second-order valence-corrected chi connectivity index (χ2v) is 8.69. The predicted octanol–water partition coefficient (Wildman–Crippen LogP) is -0.545. The first-order chi connectivity index (χ1) is 12.6. The number of nitrogens with one attached hydrogen (secondary N) is 1. The molecule has 1 aromatic carbocycles. The lowest BCUT2D eigenvalue weighted by atomic mass is 9.95. The number of carbonyl (C=O) groups excluding carboxylic acids is 1. The number of piperidine rings is 1. The number of amides is 1. The molecule has 10 nitrogen and oxygen atoms in total. The van der Waals surface area contributed by atoms with E-state index in [1.165, 1.54) is 36.9 Å². The highest BCUT2D eigenvalue weighted by atomic mass is 32.2. The molecule has 2 fully saturated rings. The Morgan fingerprint density at radius 3 is 2.48 bits per heavy atom. The Bertz CT molecular complexity index is 810. The fraction of sp³-hybridized carbons (Fsp3) is 0.562. The molecule has 11 heteroatoms. The lowest BCUT2D eigenvalue weighted by Gasteiger charge is -2.41. The summed E-state index contributed by atoms with van der Waals surface area (Å²) in [5.74, 6) is -1.64. The standard InChI is InChI=1S/C16H22N2O8S/c1-16(2)25-11-8-18(12(15(20)17-21)13(19)14(11)26-16)27(22,23)10-6-4-9(24-3)5-7-10/h4-7,11-14,19,21H,8H2,1-3H3,(H,17,20)/t11-,12+,13-,14+/m0/s1. The SMILES string of the molecule is COc1ccc(S(=O)(=O)N2C[C@@H]3OC(C)(C)O[C@H]3[C@@H](O)[C@@H]2C(=O)NO)cc1. The van der Waals surface area contributed by atoms with E-state index in [-0.39, 0.29) is 11.4 Å². The molecular weight excluding hydrogens is 380 g/mol. The number of benzene rings is 1. The third-order valence-corrected chi connectivity index (χ3v) is 6.46. The smallest absolute Gasteiger partial charge is 0.264 e. The van der Waals surface area contributed by atoms with Crippen molar-refractivity contribution in [3.05, 3.63) is 24.3 Å². The van der Waals surface area contributed by atoms with Crippen LogP contribution in [0.5, 0.6) is 5.75 Å². The van der Waals surface area contributed by atoms with Crippen molar-refractivity contribution in [2.75, 3.05) is 13.7 Å². The van der Waals surface area contributed by atoms with E-state index in [9.17, 15) is 18.3 Å². The second kappa shape index (κ2) is 7.00. The summed E-state index contributed by atoms with van der Waals surface area (Å²) in [6, 6.07) is 4.01. The van der Waals surface area contributed by atoms with E-state index in [0.29, 0.717) is 5.75 Å². The molecule has 150 valence electrons. The molecule has 3 N–H and O–H groups in total. The van der Waals surface area contributed by atoms with Gasteiger partial charge in [-0.3, -0.25) is 10.0 Å². The number of hydrogen-bond acceptors (Lipinski definition) is 8. The quantitative estimate of drug-likeness (QED) is 0.451. The highest BCUT2D eigenvalue weighted by Crippen LogP contribution is 2.37. The third-order valence-electron chi connectivity index (χ3n) is 4.60. The van der Waals surface area contributed by atoms with Crippen molar-refractivity contribution in [2.24, 2.45) is 0 Å². The van der Waals surface area contributed by atoms with Crippen LogP contribution in [0.4, 0.5) is 0 Å². The number of rotatable bonds is 4. The van der Waals surface area contributed by atoms with Crippen molar-refractivity contribution in [2.45, 2.75) is 48.9 Å². The van der Waals surface area contributed by atoms with Crippen molar-refractivity contribution >= 4 is 15.9 Å². The van der Waals surface area contributed by atoms with Gasteiger partial charge in [0.05, 0.1) is 12.0 Å². The van der Waals surface area contributed by atoms with Crippen LogP contribution in [0.2, 0.25) is 0 Å². The molecule has 2 saturated heterocycles. The van der Waals surface area contributed by atoms with Crippen molar-refractivity contribution in [1.82, 2.24) is 9.79 Å². The summed E-state index contributed by atoms with van der Waals surface area (Å²) < 4.78 is 43.4. The first-order valence-corrected chi connectivity index (χ1v) is 9.68. The monoisotopic (exact) mass is 402 g/mol. The summed E-state index contributed by atoms with van der Waals surface area (Å²) in [6.45, 7) is 3.03. The van der Waals surface area contributed by atoms with Crippen LogP contribution in [0.3, 0.4) is 0 Å². The van der Waals surface area contributed by atoms with E-state index in [2.05, 4.69) is 0 Å². The van der Waals surface area contributed by atoms with Gasteiger partial charge in [-0.2, -0.15) is 4.31 Å². The minimum absolute atomic E-state index is 0.0946. The van der Waals surface area contributed by atoms with E-state index in [1.807, 2.05) is 0 Å². The molecule has 2 heterocycles. The number of nitrogens with zero attached hydrogens (tertiary/aromatic N) is 1. The van der Waals surface area contributed by atoms with Gasteiger partial charge in [0, 0.05) is 6.54 Å². The largest absolute Gasteiger partial charge is 0.497 e. The average Bonchev–Trinajstić information content (AvgIpc) is 2.95. The minimum atomic E-state index is -4.19. The molecule has 2 aliphatic rings. The van der Waals surface area contributed by atoms with E-state index in [1.54, 1.807) is 13.8 Å². The highest BCUT2D eigenvalue weighted by molar-refractivity contribution is 7.89. The van der Waals surface area contributed by atoms with Gasteiger partial charge in [0.15, 0.2) is 5.79 Å². The van der Waals surface area contributed by atoms with Crippen LogP contribution in [0.25, 0.3) is 0 Å². The van der Waals surface area contributed by atoms with Gasteiger partial charge in [0.25, 0.3) is 5.91 Å². The summed E-state index contributed by atoms with van der Waals surface area (Å²) in [5, 5.41) is 19.7. The number of ether oxygens (including phenoxy) is 3. The number of sulfonamides is 1. The minimum Gasteiger partial charge on any atom is -0.497 e. The van der Waals surface area contributed by atoms with Crippen LogP contribution in [0.15, 0.2) is 29.2 Å². The van der Waals surface area contributed by atoms with E-state index >= 15 is 0 Å². The summed E-state index contributed by atoms with van der Waals surface area (Å²) in [7, 11) is -2.74. The lowest BCUT2D eigenvalue weighted by molar-refractivity contribution is -0.158. The van der Waals surface area contributed by atoms with Gasteiger partial charge in [-0.15, -0.1) is 0 Å². The van der Waals surface area contributed by atoms with Crippen molar-refractivity contribution in [3.63, 3.8) is 0 Å². The molecular formula is C16H22N2O8S. The number of aliphatic hydroxyl groups is 1. The molecule has 0 spiro atoms. The van der Waals surface area contributed by atoms with Gasteiger partial charge in [-0.05, 0) is 38.1 Å². The van der Waals surface area contributed by atoms with Crippen LogP contribution in [-0.2, 0) is 24.3 Å². The van der Waals surface area contributed by atoms with Gasteiger partial charge in [-0.1, -0.05) is 0 Å². The fourth-order valence-corrected chi connectivity index (χ4v) is 5.03. The summed E-state index contributed by atoms with van der Waals surface area (Å²) in [6.07, 6.45) is -3.22. The van der Waals surface area contributed by atoms with Crippen molar-refractivity contribution in [1.29, 1.82) is 0 Å². The Labute approximate surface area is 156 Å². The molecule has 0 aromatic heterocycles. The molecule has 0 aliphatic carbocycles. The zero-order valence-corrected chi connectivity index (χ0v) is 15.8. The fourth-order valence-electron chi connectivity index (χ4n) is 3.42.